The van der Waals surface area contributed by atoms with Crippen LogP contribution in [-0.2, 0) is 15.7 Å². The number of anilines is 1. The summed E-state index contributed by atoms with van der Waals surface area (Å²) in [6.07, 6.45) is 0.337. The lowest BCUT2D eigenvalue weighted by molar-refractivity contribution is 0.0159. The maximum atomic E-state index is 13.4. The van der Waals surface area contributed by atoms with E-state index in [-0.39, 0.29) is 33.7 Å². The average Bonchev–Trinajstić information content (AvgIpc) is 3.24. The molecule has 2 aliphatic rings. The number of hydrogen-bond donors (Lipinski definition) is 1. The molecule has 2 atom stereocenters. The van der Waals surface area contributed by atoms with Crippen molar-refractivity contribution in [2.45, 2.75) is 76.0 Å². The first kappa shape index (κ1) is 28.1. The highest BCUT2D eigenvalue weighted by molar-refractivity contribution is 7.83. The van der Waals surface area contributed by atoms with Crippen LogP contribution in [0, 0.1) is 0 Å². The van der Waals surface area contributed by atoms with Gasteiger partial charge in [-0.2, -0.15) is 0 Å². The third-order valence-electron chi connectivity index (χ3n) is 6.61. The molecule has 1 aliphatic carbocycles. The first-order valence-electron chi connectivity index (χ1n) is 12.5. The van der Waals surface area contributed by atoms with Crippen molar-refractivity contribution in [2.75, 3.05) is 24.5 Å². The van der Waals surface area contributed by atoms with Crippen LogP contribution in [0.15, 0.2) is 17.2 Å². The lowest BCUT2D eigenvalue weighted by Gasteiger charge is -2.41. The summed E-state index contributed by atoms with van der Waals surface area (Å²) >= 11 is 7.36. The van der Waals surface area contributed by atoms with Gasteiger partial charge >= 0.3 is 6.09 Å². The van der Waals surface area contributed by atoms with Crippen LogP contribution < -0.4 is 9.62 Å². The summed E-state index contributed by atoms with van der Waals surface area (Å²) in [5.41, 5.74) is 0.382. The number of imidazole rings is 1. The number of amides is 1. The van der Waals surface area contributed by atoms with Crippen LogP contribution in [-0.4, -0.2) is 71.6 Å². The molecule has 1 aliphatic heterocycles. The minimum atomic E-state index is -2.76. The Morgan fingerprint density at radius 2 is 2.03 bits per heavy atom. The molecule has 5 rings (SSSR count). The standard InChI is InChI=1S/C24H30ClF2N7O3S2/c1-13-11-32(8-9-33(13)22(35)37-23(2,3)4)15-10-14(39(36)31-24(5)6-7-24)12-34-16(15)17(25)28-19(34)21-30-29-20(38-21)18(26)27/h10,12-13,18,31H,6-9,11H2,1-5H3/t13-,39?/m0/s1. The molecular weight excluding hydrogens is 572 g/mol. The van der Waals surface area contributed by atoms with Crippen LogP contribution in [0.3, 0.4) is 0 Å². The molecule has 2 fully saturated rings. The van der Waals surface area contributed by atoms with Crippen LogP contribution in [0.1, 0.15) is 58.9 Å². The zero-order chi connectivity index (χ0) is 28.3. The van der Waals surface area contributed by atoms with Crippen molar-refractivity contribution >= 4 is 51.2 Å². The lowest BCUT2D eigenvalue weighted by Crippen LogP contribution is -2.55. The Balaban J connectivity index is 1.54. The Kier molecular flexibility index (Phi) is 7.36. The Hall–Kier alpha value is -2.42. The first-order valence-corrected chi connectivity index (χ1v) is 14.9. The molecule has 1 amide bonds. The molecule has 0 bridgehead atoms. The summed E-state index contributed by atoms with van der Waals surface area (Å²) in [7, 11) is -1.56. The van der Waals surface area contributed by atoms with Gasteiger partial charge in [0.05, 0.1) is 10.6 Å². The van der Waals surface area contributed by atoms with Crippen molar-refractivity contribution in [2.24, 2.45) is 0 Å². The molecule has 1 unspecified atom stereocenters. The van der Waals surface area contributed by atoms with Crippen LogP contribution in [0.4, 0.5) is 19.3 Å². The fourth-order valence-electron chi connectivity index (χ4n) is 4.37. The van der Waals surface area contributed by atoms with E-state index in [2.05, 4.69) is 24.8 Å². The smallest absolute Gasteiger partial charge is 0.410 e. The monoisotopic (exact) mass is 601 g/mol. The van der Waals surface area contributed by atoms with Crippen molar-refractivity contribution in [1.82, 2.24) is 29.2 Å². The van der Waals surface area contributed by atoms with Gasteiger partial charge in [-0.25, -0.2) is 27.5 Å². The summed E-state index contributed by atoms with van der Waals surface area (Å²) < 4.78 is 50.2. The SMILES string of the molecule is C[C@H]1CN(c2cc(S(=O)NC3(C)CC3)cn3c(-c4nnc(C(F)F)s4)nc(Cl)c23)CCN1C(=O)OC(C)(C)C. The number of nitrogens with one attached hydrogen (secondary N) is 1. The van der Waals surface area contributed by atoms with Crippen molar-refractivity contribution in [1.29, 1.82) is 0 Å². The number of halogens is 3. The Bertz CT molecular complexity index is 1440. The van der Waals surface area contributed by atoms with Crippen molar-refractivity contribution in [3.8, 4) is 10.8 Å². The van der Waals surface area contributed by atoms with Gasteiger partial charge in [0.1, 0.15) is 22.1 Å². The highest BCUT2D eigenvalue weighted by Crippen LogP contribution is 2.39. The molecule has 0 radical (unpaired) electrons. The van der Waals surface area contributed by atoms with Gasteiger partial charge in [-0.3, -0.25) is 4.40 Å². The van der Waals surface area contributed by atoms with Crippen LogP contribution in [0.5, 0.6) is 0 Å². The number of carbonyl (C=O) groups excluding carboxylic acids is 1. The molecule has 1 saturated heterocycles. The summed E-state index contributed by atoms with van der Waals surface area (Å²) in [4.78, 5) is 21.4. The second-order valence-electron chi connectivity index (χ2n) is 11.2. The number of piperazine rings is 1. The van der Waals surface area contributed by atoms with E-state index in [4.69, 9.17) is 16.3 Å². The summed E-state index contributed by atoms with van der Waals surface area (Å²) in [6.45, 7) is 10.7. The highest BCUT2D eigenvalue weighted by Gasteiger charge is 2.39. The number of nitrogens with zero attached hydrogens (tertiary/aromatic N) is 6. The van der Waals surface area contributed by atoms with E-state index in [1.165, 1.54) is 0 Å². The highest BCUT2D eigenvalue weighted by atomic mass is 35.5. The molecule has 1 saturated carbocycles. The molecule has 0 spiro atoms. The van der Waals surface area contributed by atoms with Crippen LogP contribution in [0.2, 0.25) is 5.15 Å². The lowest BCUT2D eigenvalue weighted by atomic mass is 10.1. The summed E-state index contributed by atoms with van der Waals surface area (Å²) in [5, 5.41) is 7.39. The molecule has 15 heteroatoms. The van der Waals surface area contributed by atoms with E-state index in [1.807, 2.05) is 40.7 Å². The fraction of sp³-hybridized carbons (Fsp3) is 0.583. The number of pyridine rings is 1. The van der Waals surface area contributed by atoms with E-state index < -0.39 is 28.0 Å². The Labute approximate surface area is 236 Å². The maximum Gasteiger partial charge on any atom is 0.410 e. The topological polar surface area (TPSA) is 105 Å². The second kappa shape index (κ2) is 10.2. The van der Waals surface area contributed by atoms with Gasteiger partial charge in [-0.05, 0) is 53.5 Å². The number of hydrogen-bond acceptors (Lipinski definition) is 8. The normalized spacial score (nSPS) is 20.1. The van der Waals surface area contributed by atoms with Crippen LogP contribution in [0.25, 0.3) is 16.3 Å². The second-order valence-corrected chi connectivity index (χ2v) is 13.7. The number of ether oxygens (including phenoxy) is 1. The summed E-state index contributed by atoms with van der Waals surface area (Å²) in [6, 6.07) is 1.62. The largest absolute Gasteiger partial charge is 0.444 e. The van der Waals surface area contributed by atoms with Gasteiger partial charge in [-0.15, -0.1) is 10.2 Å². The van der Waals surface area contributed by atoms with E-state index in [1.54, 1.807) is 15.5 Å². The zero-order valence-corrected chi connectivity index (χ0v) is 24.6. The minimum Gasteiger partial charge on any atom is -0.444 e. The van der Waals surface area contributed by atoms with Crippen molar-refractivity contribution in [3.05, 3.63) is 22.4 Å². The molecule has 10 nitrogen and oxygen atoms in total. The molecule has 0 aromatic carbocycles. The predicted octanol–water partition coefficient (Wildman–Crippen LogP) is 5.05. The molecule has 3 aromatic rings. The van der Waals surface area contributed by atoms with Gasteiger partial charge in [0, 0.05) is 37.4 Å². The summed E-state index contributed by atoms with van der Waals surface area (Å²) in [5.74, 6) is 0.234. The van der Waals surface area contributed by atoms with E-state index in [0.29, 0.717) is 35.7 Å². The predicted molar refractivity (Wildman–Crippen MR) is 146 cm³/mol. The molecular formula is C24H30ClF2N7O3S2. The van der Waals surface area contributed by atoms with Gasteiger partial charge in [0.25, 0.3) is 6.43 Å². The number of rotatable bonds is 6. The zero-order valence-electron chi connectivity index (χ0n) is 22.2. The third kappa shape index (κ3) is 5.88. The van der Waals surface area contributed by atoms with Gasteiger partial charge in [0.2, 0.25) is 0 Å². The number of fused-ring (bicyclic) bond motifs is 1. The van der Waals surface area contributed by atoms with E-state index in [9.17, 15) is 17.8 Å². The minimum absolute atomic E-state index is 0.149. The van der Waals surface area contributed by atoms with Crippen molar-refractivity contribution < 1.29 is 22.5 Å². The molecule has 3 aromatic heterocycles. The number of alkyl halides is 2. The van der Waals surface area contributed by atoms with Crippen LogP contribution >= 0.6 is 22.9 Å². The van der Waals surface area contributed by atoms with Crippen molar-refractivity contribution in [3.63, 3.8) is 0 Å². The quantitative estimate of drug-likeness (QED) is 0.421. The molecule has 39 heavy (non-hydrogen) atoms. The average molecular weight is 602 g/mol. The first-order chi connectivity index (χ1) is 18.2. The number of aromatic nitrogens is 4. The Morgan fingerprint density at radius 1 is 1.31 bits per heavy atom. The maximum absolute atomic E-state index is 13.4. The van der Waals surface area contributed by atoms with Gasteiger partial charge in [-0.1, -0.05) is 22.9 Å². The molecule has 1 N–H and O–H groups in total. The van der Waals surface area contributed by atoms with Gasteiger partial charge < -0.3 is 14.5 Å². The van der Waals surface area contributed by atoms with Gasteiger partial charge in [0.15, 0.2) is 21.0 Å². The third-order valence-corrected chi connectivity index (χ3v) is 9.13. The number of carbonyl (C=O) groups is 1. The molecule has 4 heterocycles. The van der Waals surface area contributed by atoms with E-state index in [0.717, 1.165) is 24.2 Å². The Morgan fingerprint density at radius 3 is 2.62 bits per heavy atom. The van der Waals surface area contributed by atoms with E-state index >= 15 is 0 Å². The fourth-order valence-corrected chi connectivity index (χ4v) is 6.52. The molecule has 212 valence electrons.